The number of thiophene rings is 1. The zero-order valence-corrected chi connectivity index (χ0v) is 13.2. The van der Waals surface area contributed by atoms with Gasteiger partial charge in [-0.3, -0.25) is 4.79 Å². The fourth-order valence-electron chi connectivity index (χ4n) is 2.86. The molecule has 1 fully saturated rings. The molecule has 0 radical (unpaired) electrons. The number of benzene rings is 1. The second kappa shape index (κ2) is 5.92. The van der Waals surface area contributed by atoms with Gasteiger partial charge in [-0.25, -0.2) is 0 Å². The quantitative estimate of drug-likeness (QED) is 0.798. The predicted octanol–water partition coefficient (Wildman–Crippen LogP) is 2.24. The van der Waals surface area contributed by atoms with Crippen LogP contribution in [0.3, 0.4) is 0 Å². The third-order valence-electron chi connectivity index (χ3n) is 4.05. The summed E-state index contributed by atoms with van der Waals surface area (Å²) in [6.07, 6.45) is 0.760. The SMILES string of the molecule is O=C(c1sccc1-c1ccccc1)N1CC(Cc2nn[nH]n2)C1. The van der Waals surface area contributed by atoms with Crippen LogP contribution in [0.1, 0.15) is 15.5 Å². The van der Waals surface area contributed by atoms with Gasteiger partial charge in [-0.05, 0) is 17.0 Å². The van der Waals surface area contributed by atoms with Gasteiger partial charge in [-0.1, -0.05) is 35.5 Å². The van der Waals surface area contributed by atoms with Gasteiger partial charge < -0.3 is 4.90 Å². The highest BCUT2D eigenvalue weighted by Gasteiger charge is 2.33. The highest BCUT2D eigenvalue weighted by Crippen LogP contribution is 2.31. The molecule has 7 heteroatoms. The number of tetrazole rings is 1. The molecule has 0 saturated carbocycles. The molecule has 1 amide bonds. The van der Waals surface area contributed by atoms with Crippen molar-refractivity contribution >= 4 is 17.2 Å². The minimum atomic E-state index is 0.114. The Bertz CT molecular complexity index is 793. The van der Waals surface area contributed by atoms with Crippen LogP contribution in [-0.2, 0) is 6.42 Å². The molecule has 0 unspecified atom stereocenters. The van der Waals surface area contributed by atoms with Crippen molar-refractivity contribution in [2.24, 2.45) is 5.92 Å². The Hall–Kier alpha value is -2.54. The van der Waals surface area contributed by atoms with Gasteiger partial charge in [0, 0.05) is 31.0 Å². The van der Waals surface area contributed by atoms with Crippen molar-refractivity contribution in [2.75, 3.05) is 13.1 Å². The molecule has 0 aliphatic carbocycles. The first-order valence-corrected chi connectivity index (χ1v) is 8.34. The van der Waals surface area contributed by atoms with Crippen LogP contribution < -0.4 is 0 Å². The number of rotatable bonds is 4. The van der Waals surface area contributed by atoms with E-state index in [1.165, 1.54) is 11.3 Å². The zero-order valence-electron chi connectivity index (χ0n) is 12.3. The fourth-order valence-corrected chi connectivity index (χ4v) is 3.74. The Labute approximate surface area is 137 Å². The first-order valence-electron chi connectivity index (χ1n) is 7.46. The summed E-state index contributed by atoms with van der Waals surface area (Å²) in [5.41, 5.74) is 2.10. The molecule has 0 atom stereocenters. The van der Waals surface area contributed by atoms with E-state index < -0.39 is 0 Å². The van der Waals surface area contributed by atoms with E-state index in [0.717, 1.165) is 35.5 Å². The molecule has 23 heavy (non-hydrogen) atoms. The van der Waals surface area contributed by atoms with E-state index in [1.807, 2.05) is 46.7 Å². The average molecular weight is 325 g/mol. The molecule has 4 rings (SSSR count). The molecule has 6 nitrogen and oxygen atoms in total. The number of H-pyrrole nitrogens is 1. The number of aromatic amines is 1. The lowest BCUT2D eigenvalue weighted by molar-refractivity contribution is 0.0503. The van der Waals surface area contributed by atoms with Gasteiger partial charge in [-0.15, -0.1) is 21.5 Å². The maximum absolute atomic E-state index is 12.7. The molecule has 1 N–H and O–H groups in total. The predicted molar refractivity (Wildman–Crippen MR) is 87.0 cm³/mol. The Morgan fingerprint density at radius 1 is 1.26 bits per heavy atom. The van der Waals surface area contributed by atoms with Crippen LogP contribution in [0.5, 0.6) is 0 Å². The van der Waals surface area contributed by atoms with Crippen molar-refractivity contribution in [3.63, 3.8) is 0 Å². The Morgan fingerprint density at radius 2 is 2.09 bits per heavy atom. The van der Waals surface area contributed by atoms with E-state index in [2.05, 4.69) is 20.6 Å². The van der Waals surface area contributed by atoms with Crippen LogP contribution in [0.25, 0.3) is 11.1 Å². The van der Waals surface area contributed by atoms with Crippen molar-refractivity contribution in [3.8, 4) is 11.1 Å². The van der Waals surface area contributed by atoms with E-state index in [0.29, 0.717) is 11.7 Å². The minimum Gasteiger partial charge on any atom is -0.337 e. The summed E-state index contributed by atoms with van der Waals surface area (Å²) in [7, 11) is 0. The second-order valence-corrected chi connectivity index (χ2v) is 6.55. The molecular weight excluding hydrogens is 310 g/mol. The lowest BCUT2D eigenvalue weighted by Crippen LogP contribution is -2.50. The molecule has 116 valence electrons. The third-order valence-corrected chi connectivity index (χ3v) is 4.95. The largest absolute Gasteiger partial charge is 0.337 e. The second-order valence-electron chi connectivity index (χ2n) is 5.64. The maximum atomic E-state index is 12.7. The summed E-state index contributed by atoms with van der Waals surface area (Å²) in [5, 5.41) is 15.9. The van der Waals surface area contributed by atoms with Crippen molar-refractivity contribution in [1.82, 2.24) is 25.5 Å². The molecule has 3 aromatic rings. The summed E-state index contributed by atoms with van der Waals surface area (Å²) < 4.78 is 0. The standard InChI is InChI=1S/C16H15N5OS/c22-16(21-9-11(10-21)8-14-17-19-20-18-14)15-13(6-7-23-15)12-4-2-1-3-5-12/h1-7,11H,8-10H2,(H,17,18,19,20). The Morgan fingerprint density at radius 3 is 2.83 bits per heavy atom. The number of nitrogens with one attached hydrogen (secondary N) is 1. The number of likely N-dealkylation sites (tertiary alicyclic amines) is 1. The fraction of sp³-hybridized carbons (Fsp3) is 0.250. The van der Waals surface area contributed by atoms with E-state index in [-0.39, 0.29) is 5.91 Å². The van der Waals surface area contributed by atoms with Crippen LogP contribution in [-0.4, -0.2) is 44.5 Å². The minimum absolute atomic E-state index is 0.114. The van der Waals surface area contributed by atoms with Crippen molar-refractivity contribution in [2.45, 2.75) is 6.42 Å². The molecular formula is C16H15N5OS. The molecule has 1 aliphatic heterocycles. The number of hydrogen-bond acceptors (Lipinski definition) is 5. The first-order chi connectivity index (χ1) is 11.3. The van der Waals surface area contributed by atoms with Crippen LogP contribution in [0.2, 0.25) is 0 Å². The number of carbonyl (C=O) groups is 1. The number of carbonyl (C=O) groups excluding carboxylic acids is 1. The average Bonchev–Trinajstić information content (AvgIpc) is 3.22. The summed E-state index contributed by atoms with van der Waals surface area (Å²) in [5.74, 6) is 1.24. The Kier molecular flexibility index (Phi) is 3.63. The van der Waals surface area contributed by atoms with E-state index in [4.69, 9.17) is 0 Å². The van der Waals surface area contributed by atoms with Crippen LogP contribution in [0, 0.1) is 5.92 Å². The third kappa shape index (κ3) is 2.75. The smallest absolute Gasteiger partial charge is 0.264 e. The van der Waals surface area contributed by atoms with E-state index in [9.17, 15) is 4.79 Å². The normalized spacial score (nSPS) is 14.7. The van der Waals surface area contributed by atoms with Gasteiger partial charge in [0.05, 0.1) is 4.88 Å². The molecule has 0 bridgehead atoms. The summed E-state index contributed by atoms with van der Waals surface area (Å²) >= 11 is 1.51. The summed E-state index contributed by atoms with van der Waals surface area (Å²) in [6.45, 7) is 1.50. The first kappa shape index (κ1) is 14.1. The summed E-state index contributed by atoms with van der Waals surface area (Å²) in [6, 6.07) is 12.1. The van der Waals surface area contributed by atoms with Gasteiger partial charge in [0.2, 0.25) is 0 Å². The number of hydrogen-bond donors (Lipinski definition) is 1. The van der Waals surface area contributed by atoms with Gasteiger partial charge >= 0.3 is 0 Å². The van der Waals surface area contributed by atoms with Gasteiger partial charge in [0.15, 0.2) is 5.82 Å². The molecule has 1 aromatic carbocycles. The highest BCUT2D eigenvalue weighted by molar-refractivity contribution is 7.12. The number of aromatic nitrogens is 4. The van der Waals surface area contributed by atoms with Crippen LogP contribution in [0.15, 0.2) is 41.8 Å². The molecule has 0 spiro atoms. The lowest BCUT2D eigenvalue weighted by atomic mass is 9.95. The molecule has 1 saturated heterocycles. The zero-order chi connectivity index (χ0) is 15.6. The van der Waals surface area contributed by atoms with E-state index >= 15 is 0 Å². The van der Waals surface area contributed by atoms with Crippen molar-refractivity contribution in [3.05, 3.63) is 52.5 Å². The Balaban J connectivity index is 1.44. The van der Waals surface area contributed by atoms with Gasteiger partial charge in [-0.2, -0.15) is 5.21 Å². The maximum Gasteiger partial charge on any atom is 0.264 e. The van der Waals surface area contributed by atoms with E-state index in [1.54, 1.807) is 0 Å². The molecule has 3 heterocycles. The van der Waals surface area contributed by atoms with Crippen molar-refractivity contribution in [1.29, 1.82) is 0 Å². The number of amides is 1. The monoisotopic (exact) mass is 325 g/mol. The topological polar surface area (TPSA) is 74.8 Å². The lowest BCUT2D eigenvalue weighted by Gasteiger charge is -2.38. The van der Waals surface area contributed by atoms with Gasteiger partial charge in [0.1, 0.15) is 0 Å². The van der Waals surface area contributed by atoms with Crippen molar-refractivity contribution < 1.29 is 4.79 Å². The molecule has 1 aliphatic rings. The van der Waals surface area contributed by atoms with Crippen LogP contribution >= 0.6 is 11.3 Å². The van der Waals surface area contributed by atoms with Crippen LogP contribution in [0.4, 0.5) is 0 Å². The number of nitrogens with zero attached hydrogens (tertiary/aromatic N) is 4. The van der Waals surface area contributed by atoms with Gasteiger partial charge in [0.25, 0.3) is 5.91 Å². The highest BCUT2D eigenvalue weighted by atomic mass is 32.1. The molecule has 2 aromatic heterocycles. The summed E-state index contributed by atoms with van der Waals surface area (Å²) in [4.78, 5) is 15.4.